The van der Waals surface area contributed by atoms with Gasteiger partial charge in [0.2, 0.25) is 0 Å². The van der Waals surface area contributed by atoms with Crippen LogP contribution in [-0.2, 0) is 9.47 Å². The molecule has 0 aromatic heterocycles. The monoisotopic (exact) mass is 497 g/mol. The van der Waals surface area contributed by atoms with Crippen LogP contribution in [0, 0.1) is 5.41 Å². The van der Waals surface area contributed by atoms with Gasteiger partial charge >= 0.3 is 0 Å². The van der Waals surface area contributed by atoms with Crippen LogP contribution in [0.25, 0.3) is 0 Å². The van der Waals surface area contributed by atoms with E-state index in [0.717, 1.165) is 71.4 Å². The van der Waals surface area contributed by atoms with Crippen molar-refractivity contribution in [2.45, 2.75) is 50.2 Å². The molecule has 1 atom stereocenters. The summed E-state index contributed by atoms with van der Waals surface area (Å²) in [5.74, 6) is 1.10. The molecule has 152 valence electrons. The van der Waals surface area contributed by atoms with E-state index in [1.807, 2.05) is 11.8 Å². The van der Waals surface area contributed by atoms with Crippen LogP contribution in [-0.4, -0.2) is 74.5 Å². The van der Waals surface area contributed by atoms with E-state index in [1.54, 1.807) is 0 Å². The summed E-state index contributed by atoms with van der Waals surface area (Å²) in [6, 6.07) is 0. The highest BCUT2D eigenvalue weighted by Gasteiger charge is 2.38. The van der Waals surface area contributed by atoms with Crippen molar-refractivity contribution in [1.82, 2.24) is 10.2 Å². The third-order valence-electron chi connectivity index (χ3n) is 6.05. The second-order valence-electron chi connectivity index (χ2n) is 7.85. The van der Waals surface area contributed by atoms with Crippen LogP contribution < -0.4 is 5.32 Å². The summed E-state index contributed by atoms with van der Waals surface area (Å²) in [4.78, 5) is 7.59. The molecule has 1 spiro atoms. The van der Waals surface area contributed by atoms with Crippen LogP contribution in [0.4, 0.5) is 0 Å². The third kappa shape index (κ3) is 5.64. The van der Waals surface area contributed by atoms with Crippen LogP contribution in [0.3, 0.4) is 0 Å². The molecule has 5 nitrogen and oxygen atoms in total. The normalized spacial score (nSPS) is 29.3. The second kappa shape index (κ2) is 10.7. The Hall–Kier alpha value is 0.270. The number of nitrogens with one attached hydrogen (secondary N) is 1. The molecule has 0 radical (unpaired) electrons. The maximum atomic E-state index is 5.84. The van der Waals surface area contributed by atoms with Crippen LogP contribution >= 0.6 is 35.7 Å². The minimum absolute atomic E-state index is 0. The van der Waals surface area contributed by atoms with Crippen molar-refractivity contribution in [2.24, 2.45) is 10.4 Å². The molecule has 3 fully saturated rings. The summed E-state index contributed by atoms with van der Waals surface area (Å²) in [5.41, 5.74) is 0.350. The molecule has 3 aliphatic rings. The zero-order valence-corrected chi connectivity index (χ0v) is 19.6. The number of piperidine rings is 1. The summed E-state index contributed by atoms with van der Waals surface area (Å²) in [5, 5.41) is 3.55. The second-order valence-corrected chi connectivity index (χ2v) is 9.13. The first-order valence-corrected chi connectivity index (χ1v) is 11.2. The number of hydrogen-bond donors (Lipinski definition) is 1. The maximum Gasteiger partial charge on any atom is 0.193 e. The predicted octanol–water partition coefficient (Wildman–Crippen LogP) is 3.37. The Labute approximate surface area is 180 Å². The molecule has 0 saturated carbocycles. The smallest absolute Gasteiger partial charge is 0.193 e. The first kappa shape index (κ1) is 22.6. The zero-order chi connectivity index (χ0) is 17.6. The Morgan fingerprint density at radius 1 is 1.12 bits per heavy atom. The van der Waals surface area contributed by atoms with Gasteiger partial charge in [-0.05, 0) is 51.7 Å². The Morgan fingerprint density at radius 2 is 1.88 bits per heavy atom. The van der Waals surface area contributed by atoms with Gasteiger partial charge in [0.05, 0.1) is 13.2 Å². The molecular weight excluding hydrogens is 461 g/mol. The van der Waals surface area contributed by atoms with Crippen molar-refractivity contribution in [3.63, 3.8) is 0 Å². The summed E-state index contributed by atoms with van der Waals surface area (Å²) >= 11 is 1.97. The number of thioether (sulfide) groups is 1. The largest absolute Gasteiger partial charge is 0.381 e. The van der Waals surface area contributed by atoms with Crippen molar-refractivity contribution in [3.05, 3.63) is 0 Å². The van der Waals surface area contributed by atoms with Crippen molar-refractivity contribution >= 4 is 41.7 Å². The highest BCUT2D eigenvalue weighted by molar-refractivity contribution is 14.0. The molecule has 3 saturated heterocycles. The number of aliphatic imine (C=N–C) groups is 1. The summed E-state index contributed by atoms with van der Waals surface area (Å²) in [7, 11) is 0. The number of likely N-dealkylation sites (tertiary alicyclic amines) is 1. The maximum absolute atomic E-state index is 5.84. The quantitative estimate of drug-likeness (QED) is 0.367. The predicted molar refractivity (Wildman–Crippen MR) is 121 cm³/mol. The van der Waals surface area contributed by atoms with E-state index in [-0.39, 0.29) is 28.7 Å². The van der Waals surface area contributed by atoms with Gasteiger partial charge in [0.15, 0.2) is 5.96 Å². The summed E-state index contributed by atoms with van der Waals surface area (Å²) in [6.45, 7) is 9.79. The molecular formula is C19H36IN3O2S. The SMILES string of the molecule is CCNC(=NCC1(SC)CCOCC1)N1CCCC2(CCCOC2)C1.I. The van der Waals surface area contributed by atoms with Gasteiger partial charge in [-0.15, -0.1) is 24.0 Å². The van der Waals surface area contributed by atoms with E-state index in [4.69, 9.17) is 14.5 Å². The van der Waals surface area contributed by atoms with Crippen LogP contribution in [0.5, 0.6) is 0 Å². The van der Waals surface area contributed by atoms with Gasteiger partial charge in [-0.1, -0.05) is 0 Å². The zero-order valence-electron chi connectivity index (χ0n) is 16.4. The van der Waals surface area contributed by atoms with E-state index in [9.17, 15) is 0 Å². The first-order chi connectivity index (χ1) is 12.2. The molecule has 0 bridgehead atoms. The summed E-state index contributed by atoms with van der Waals surface area (Å²) < 4.78 is 11.7. The average molecular weight is 497 g/mol. The highest BCUT2D eigenvalue weighted by atomic mass is 127. The fraction of sp³-hybridized carbons (Fsp3) is 0.947. The lowest BCUT2D eigenvalue weighted by molar-refractivity contribution is -0.0370. The fourth-order valence-electron chi connectivity index (χ4n) is 4.44. The minimum Gasteiger partial charge on any atom is -0.381 e. The molecule has 26 heavy (non-hydrogen) atoms. The molecule has 7 heteroatoms. The molecule has 0 aliphatic carbocycles. The van der Waals surface area contributed by atoms with E-state index >= 15 is 0 Å². The molecule has 1 N–H and O–H groups in total. The van der Waals surface area contributed by atoms with Crippen molar-refractivity contribution in [2.75, 3.05) is 58.9 Å². The number of ether oxygens (including phenoxy) is 2. The number of hydrogen-bond acceptors (Lipinski definition) is 4. The van der Waals surface area contributed by atoms with Crippen LogP contribution in [0.1, 0.15) is 45.4 Å². The van der Waals surface area contributed by atoms with Crippen LogP contribution in [0.2, 0.25) is 0 Å². The van der Waals surface area contributed by atoms with Crippen molar-refractivity contribution in [1.29, 1.82) is 0 Å². The van der Waals surface area contributed by atoms with E-state index in [2.05, 4.69) is 23.4 Å². The molecule has 0 aromatic carbocycles. The average Bonchev–Trinajstić information content (AvgIpc) is 2.66. The lowest BCUT2D eigenvalue weighted by atomic mass is 9.76. The van der Waals surface area contributed by atoms with E-state index in [1.165, 1.54) is 25.7 Å². The fourth-order valence-corrected chi connectivity index (χ4v) is 5.20. The Morgan fingerprint density at radius 3 is 2.54 bits per heavy atom. The number of halogens is 1. The number of nitrogens with zero attached hydrogens (tertiary/aromatic N) is 2. The Bertz CT molecular complexity index is 447. The molecule has 0 aromatic rings. The van der Waals surface area contributed by atoms with Crippen molar-refractivity contribution in [3.8, 4) is 0 Å². The standard InChI is InChI=1S/C19H35N3O2S.HI/c1-3-20-17(21-14-19(25-2)8-12-23-13-9-19)22-10-4-6-18(15-22)7-5-11-24-16-18;/h3-16H2,1-2H3,(H,20,21);1H. The lowest BCUT2D eigenvalue weighted by Crippen LogP contribution is -2.53. The van der Waals surface area contributed by atoms with Crippen molar-refractivity contribution < 1.29 is 9.47 Å². The van der Waals surface area contributed by atoms with Gasteiger partial charge in [0.25, 0.3) is 0 Å². The van der Waals surface area contributed by atoms with E-state index < -0.39 is 0 Å². The van der Waals surface area contributed by atoms with Gasteiger partial charge < -0.3 is 19.7 Å². The number of guanidine groups is 1. The topological polar surface area (TPSA) is 46.1 Å². The lowest BCUT2D eigenvalue weighted by Gasteiger charge is -2.46. The molecule has 0 amide bonds. The van der Waals surface area contributed by atoms with E-state index in [0.29, 0.717) is 5.41 Å². The Balaban J connectivity index is 0.00000243. The molecule has 3 aliphatic heterocycles. The van der Waals surface area contributed by atoms with Gasteiger partial charge in [-0.2, -0.15) is 11.8 Å². The number of rotatable bonds is 4. The highest BCUT2D eigenvalue weighted by Crippen LogP contribution is 2.38. The summed E-state index contributed by atoms with van der Waals surface area (Å²) in [6.07, 6.45) is 9.49. The minimum atomic E-state index is 0. The van der Waals surface area contributed by atoms with Gasteiger partial charge in [-0.3, -0.25) is 4.99 Å². The molecule has 1 unspecified atom stereocenters. The van der Waals surface area contributed by atoms with Gasteiger partial charge in [0.1, 0.15) is 0 Å². The third-order valence-corrected chi connectivity index (χ3v) is 7.46. The first-order valence-electron chi connectivity index (χ1n) is 9.95. The molecule has 3 heterocycles. The molecule has 3 rings (SSSR count). The van der Waals surface area contributed by atoms with Gasteiger partial charge in [-0.25, -0.2) is 0 Å². The Kier molecular flexibility index (Phi) is 9.30. The van der Waals surface area contributed by atoms with Crippen LogP contribution in [0.15, 0.2) is 4.99 Å². The van der Waals surface area contributed by atoms with Gasteiger partial charge in [0, 0.05) is 49.6 Å².